The summed E-state index contributed by atoms with van der Waals surface area (Å²) in [6, 6.07) is 5.37. The van der Waals surface area contributed by atoms with Crippen LogP contribution in [0.3, 0.4) is 0 Å². The second-order valence-corrected chi connectivity index (χ2v) is 6.94. The van der Waals surface area contributed by atoms with Gasteiger partial charge in [0.2, 0.25) is 0 Å². The number of aryl methyl sites for hydroxylation is 1. The number of rotatable bonds is 5. The molecule has 1 N–H and O–H groups in total. The molecule has 2 heterocycles. The Morgan fingerprint density at radius 3 is 2.68 bits per heavy atom. The number of aliphatic hydroxyl groups is 1. The van der Waals surface area contributed by atoms with E-state index in [0.29, 0.717) is 12.6 Å². The molecular formula is C18H30N2O2. The minimum atomic E-state index is 0.293. The van der Waals surface area contributed by atoms with Crippen LogP contribution in [0.25, 0.3) is 0 Å². The molecule has 0 bridgehead atoms. The van der Waals surface area contributed by atoms with Crippen molar-refractivity contribution in [1.29, 1.82) is 0 Å². The van der Waals surface area contributed by atoms with Crippen molar-refractivity contribution in [1.82, 2.24) is 9.80 Å². The topological polar surface area (TPSA) is 39.9 Å². The molecule has 0 radical (unpaired) electrons. The van der Waals surface area contributed by atoms with Crippen LogP contribution in [0, 0.1) is 6.92 Å². The molecule has 0 unspecified atom stereocenters. The van der Waals surface area contributed by atoms with Crippen molar-refractivity contribution in [3.63, 3.8) is 0 Å². The van der Waals surface area contributed by atoms with Gasteiger partial charge in [-0.1, -0.05) is 19.3 Å². The molecule has 1 aliphatic carbocycles. The maximum absolute atomic E-state index is 9.45. The Morgan fingerprint density at radius 2 is 2.00 bits per heavy atom. The van der Waals surface area contributed by atoms with E-state index in [0.717, 1.165) is 50.2 Å². The van der Waals surface area contributed by atoms with E-state index in [-0.39, 0.29) is 0 Å². The Balaban J connectivity index is 1.59. The molecule has 22 heavy (non-hydrogen) atoms. The van der Waals surface area contributed by atoms with Crippen molar-refractivity contribution in [2.75, 3.05) is 26.2 Å². The Morgan fingerprint density at radius 1 is 1.18 bits per heavy atom. The van der Waals surface area contributed by atoms with Crippen LogP contribution in [0.2, 0.25) is 0 Å². The number of hydrogen-bond acceptors (Lipinski definition) is 4. The highest BCUT2D eigenvalue weighted by atomic mass is 16.3. The lowest BCUT2D eigenvalue weighted by Crippen LogP contribution is -2.56. The van der Waals surface area contributed by atoms with Crippen LogP contribution >= 0.6 is 0 Å². The molecule has 1 aliphatic heterocycles. The predicted octanol–water partition coefficient (Wildman–Crippen LogP) is 2.79. The summed E-state index contributed by atoms with van der Waals surface area (Å²) in [6.45, 7) is 6.49. The fraction of sp³-hybridized carbons (Fsp3) is 0.778. The number of piperazine rings is 1. The average molecular weight is 306 g/mol. The van der Waals surface area contributed by atoms with Crippen LogP contribution < -0.4 is 0 Å². The van der Waals surface area contributed by atoms with E-state index in [4.69, 9.17) is 4.42 Å². The number of aliphatic hydroxyl groups excluding tert-OH is 1. The molecule has 0 aromatic carbocycles. The summed E-state index contributed by atoms with van der Waals surface area (Å²) < 4.78 is 5.72. The molecule has 124 valence electrons. The van der Waals surface area contributed by atoms with Gasteiger partial charge >= 0.3 is 0 Å². The Bertz CT molecular complexity index is 454. The van der Waals surface area contributed by atoms with Gasteiger partial charge in [0.05, 0.1) is 6.54 Å². The molecule has 2 fully saturated rings. The van der Waals surface area contributed by atoms with E-state index in [1.807, 2.05) is 13.0 Å². The van der Waals surface area contributed by atoms with Gasteiger partial charge in [0, 0.05) is 38.3 Å². The first-order valence-corrected chi connectivity index (χ1v) is 8.90. The Kier molecular flexibility index (Phi) is 5.55. The number of hydrogen-bond donors (Lipinski definition) is 1. The first-order valence-electron chi connectivity index (χ1n) is 8.90. The molecule has 1 saturated heterocycles. The smallest absolute Gasteiger partial charge is 0.118 e. The van der Waals surface area contributed by atoms with Gasteiger partial charge in [-0.3, -0.25) is 9.80 Å². The molecule has 2 aliphatic rings. The molecule has 4 heteroatoms. The first-order chi connectivity index (χ1) is 10.8. The van der Waals surface area contributed by atoms with Crippen molar-refractivity contribution in [2.24, 2.45) is 0 Å². The van der Waals surface area contributed by atoms with Crippen molar-refractivity contribution >= 4 is 0 Å². The highest BCUT2D eigenvalue weighted by molar-refractivity contribution is 5.05. The van der Waals surface area contributed by atoms with Gasteiger partial charge in [0.1, 0.15) is 11.5 Å². The van der Waals surface area contributed by atoms with Gasteiger partial charge in [0.25, 0.3) is 0 Å². The third-order valence-electron chi connectivity index (χ3n) is 5.29. The summed E-state index contributed by atoms with van der Waals surface area (Å²) in [4.78, 5) is 5.18. The van der Waals surface area contributed by atoms with Crippen molar-refractivity contribution in [2.45, 2.75) is 64.1 Å². The summed E-state index contributed by atoms with van der Waals surface area (Å²) in [5, 5.41) is 9.45. The van der Waals surface area contributed by atoms with Crippen LogP contribution in [0.1, 0.15) is 50.0 Å². The average Bonchev–Trinajstić information content (AvgIpc) is 2.94. The lowest BCUT2D eigenvalue weighted by molar-refractivity contribution is 0.0116. The summed E-state index contributed by atoms with van der Waals surface area (Å²) in [7, 11) is 0. The summed E-state index contributed by atoms with van der Waals surface area (Å²) in [5.74, 6) is 2.05. The molecular weight excluding hydrogens is 276 g/mol. The SMILES string of the molecule is Cc1ccc(CN2CCN(C3CCCCC3)[C@H](CCO)C2)o1. The zero-order valence-electron chi connectivity index (χ0n) is 13.8. The molecule has 3 rings (SSSR count). The van der Waals surface area contributed by atoms with E-state index in [1.54, 1.807) is 0 Å². The normalized spacial score (nSPS) is 25.6. The lowest BCUT2D eigenvalue weighted by atomic mass is 9.92. The summed E-state index contributed by atoms with van der Waals surface area (Å²) in [6.07, 6.45) is 7.74. The zero-order chi connectivity index (χ0) is 15.4. The largest absolute Gasteiger partial charge is 0.465 e. The molecule has 1 aromatic heterocycles. The van der Waals surface area contributed by atoms with Gasteiger partial charge in [-0.2, -0.15) is 0 Å². The third-order valence-corrected chi connectivity index (χ3v) is 5.29. The van der Waals surface area contributed by atoms with Crippen LogP contribution in [-0.2, 0) is 6.54 Å². The van der Waals surface area contributed by atoms with Gasteiger partial charge in [-0.05, 0) is 38.3 Å². The molecule has 1 saturated carbocycles. The molecule has 1 atom stereocenters. The van der Waals surface area contributed by atoms with Gasteiger partial charge in [-0.25, -0.2) is 0 Å². The first kappa shape index (κ1) is 16.0. The fourth-order valence-corrected chi connectivity index (χ4v) is 4.17. The fourth-order valence-electron chi connectivity index (χ4n) is 4.17. The lowest BCUT2D eigenvalue weighted by Gasteiger charge is -2.46. The monoisotopic (exact) mass is 306 g/mol. The summed E-state index contributed by atoms with van der Waals surface area (Å²) >= 11 is 0. The van der Waals surface area contributed by atoms with Crippen molar-refractivity contribution in [3.8, 4) is 0 Å². The molecule has 0 amide bonds. The van der Waals surface area contributed by atoms with E-state index in [1.165, 1.54) is 32.1 Å². The Hall–Kier alpha value is -0.840. The van der Waals surface area contributed by atoms with Crippen LogP contribution in [-0.4, -0.2) is 53.2 Å². The maximum atomic E-state index is 9.45. The highest BCUT2D eigenvalue weighted by Crippen LogP contribution is 2.27. The van der Waals surface area contributed by atoms with E-state index in [2.05, 4.69) is 15.9 Å². The van der Waals surface area contributed by atoms with Gasteiger partial charge in [0.15, 0.2) is 0 Å². The van der Waals surface area contributed by atoms with Crippen LogP contribution in [0.4, 0.5) is 0 Å². The quantitative estimate of drug-likeness (QED) is 0.908. The standard InChI is InChI=1S/C18H30N2O2/c1-15-7-8-18(22-15)14-19-10-11-20(17(13-19)9-12-21)16-5-3-2-4-6-16/h7-8,16-17,21H,2-6,9-14H2,1H3/t17-/m1/s1. The zero-order valence-corrected chi connectivity index (χ0v) is 13.8. The predicted molar refractivity (Wildman–Crippen MR) is 87.8 cm³/mol. The minimum Gasteiger partial charge on any atom is -0.465 e. The molecule has 4 nitrogen and oxygen atoms in total. The minimum absolute atomic E-state index is 0.293. The van der Waals surface area contributed by atoms with Crippen molar-refractivity contribution < 1.29 is 9.52 Å². The Labute approximate surface area is 134 Å². The number of furan rings is 1. The van der Waals surface area contributed by atoms with E-state index < -0.39 is 0 Å². The van der Waals surface area contributed by atoms with Crippen LogP contribution in [0.5, 0.6) is 0 Å². The van der Waals surface area contributed by atoms with Crippen molar-refractivity contribution in [3.05, 3.63) is 23.7 Å². The maximum Gasteiger partial charge on any atom is 0.118 e. The van der Waals surface area contributed by atoms with E-state index in [9.17, 15) is 5.11 Å². The number of nitrogens with zero attached hydrogens (tertiary/aromatic N) is 2. The summed E-state index contributed by atoms with van der Waals surface area (Å²) in [5.41, 5.74) is 0. The third kappa shape index (κ3) is 3.92. The highest BCUT2D eigenvalue weighted by Gasteiger charge is 2.32. The molecule has 1 aromatic rings. The van der Waals surface area contributed by atoms with Crippen LogP contribution in [0.15, 0.2) is 16.5 Å². The second kappa shape index (κ2) is 7.62. The van der Waals surface area contributed by atoms with Gasteiger partial charge in [-0.15, -0.1) is 0 Å². The molecule has 0 spiro atoms. The van der Waals surface area contributed by atoms with Gasteiger partial charge < -0.3 is 9.52 Å². The second-order valence-electron chi connectivity index (χ2n) is 6.94. The van der Waals surface area contributed by atoms with E-state index >= 15 is 0 Å².